The van der Waals surface area contributed by atoms with Crippen LogP contribution in [0.15, 0.2) is 42.7 Å². The van der Waals surface area contributed by atoms with Gasteiger partial charge in [-0.15, -0.1) is 5.10 Å². The van der Waals surface area contributed by atoms with Gasteiger partial charge in [0, 0.05) is 26.2 Å². The molecule has 0 saturated carbocycles. The van der Waals surface area contributed by atoms with Gasteiger partial charge in [0.25, 0.3) is 0 Å². The Morgan fingerprint density at radius 3 is 2.69 bits per heavy atom. The van der Waals surface area contributed by atoms with Gasteiger partial charge in [0.15, 0.2) is 5.82 Å². The molecule has 0 unspecified atom stereocenters. The molecule has 0 N–H and O–H groups in total. The van der Waals surface area contributed by atoms with Crippen LogP contribution < -0.4 is 0 Å². The molecule has 0 radical (unpaired) electrons. The van der Waals surface area contributed by atoms with Gasteiger partial charge >= 0.3 is 5.82 Å². The SMILES string of the molecule is Cc1ncc([N+](=O)[O-])n1CCn1cc(CN(C)Cc2ccccc2)nn1. The molecule has 9 nitrogen and oxygen atoms in total. The fourth-order valence-electron chi connectivity index (χ4n) is 2.83. The number of nitro groups is 1. The average molecular weight is 355 g/mol. The predicted octanol–water partition coefficient (Wildman–Crippen LogP) is 2.02. The minimum Gasteiger partial charge on any atom is -0.358 e. The molecule has 0 fully saturated rings. The third kappa shape index (κ3) is 4.31. The van der Waals surface area contributed by atoms with E-state index in [4.69, 9.17) is 0 Å². The number of benzene rings is 1. The van der Waals surface area contributed by atoms with Crippen LogP contribution in [0.4, 0.5) is 5.82 Å². The van der Waals surface area contributed by atoms with Gasteiger partial charge in [-0.3, -0.25) is 4.90 Å². The Morgan fingerprint density at radius 2 is 1.96 bits per heavy atom. The van der Waals surface area contributed by atoms with Gasteiger partial charge in [0.1, 0.15) is 12.7 Å². The Kier molecular flexibility index (Phi) is 5.37. The van der Waals surface area contributed by atoms with Gasteiger partial charge in [-0.2, -0.15) is 0 Å². The summed E-state index contributed by atoms with van der Waals surface area (Å²) in [6.45, 7) is 4.17. The molecule has 0 saturated heterocycles. The molecule has 0 aliphatic carbocycles. The second-order valence-corrected chi connectivity index (χ2v) is 6.20. The third-order valence-electron chi connectivity index (χ3n) is 4.09. The van der Waals surface area contributed by atoms with Crippen LogP contribution in [0.1, 0.15) is 17.1 Å². The lowest BCUT2D eigenvalue weighted by atomic mass is 10.2. The maximum Gasteiger partial charge on any atom is 0.342 e. The topological polar surface area (TPSA) is 94.9 Å². The van der Waals surface area contributed by atoms with Gasteiger partial charge in [0.2, 0.25) is 0 Å². The van der Waals surface area contributed by atoms with E-state index in [2.05, 4.69) is 32.3 Å². The van der Waals surface area contributed by atoms with Gasteiger partial charge in [-0.25, -0.2) is 14.2 Å². The summed E-state index contributed by atoms with van der Waals surface area (Å²) in [5, 5.41) is 19.3. The Balaban J connectivity index is 1.57. The number of aromatic nitrogens is 5. The molecule has 0 aliphatic rings. The normalized spacial score (nSPS) is 11.2. The summed E-state index contributed by atoms with van der Waals surface area (Å²) in [4.78, 5) is 16.8. The summed E-state index contributed by atoms with van der Waals surface area (Å²) in [6, 6.07) is 10.2. The molecule has 0 spiro atoms. The van der Waals surface area contributed by atoms with Crippen molar-refractivity contribution in [1.29, 1.82) is 0 Å². The number of hydrogen-bond donors (Lipinski definition) is 0. The van der Waals surface area contributed by atoms with Crippen LogP contribution in [0, 0.1) is 17.0 Å². The summed E-state index contributed by atoms with van der Waals surface area (Å²) in [5.41, 5.74) is 2.10. The minimum absolute atomic E-state index is 0.00886. The second-order valence-electron chi connectivity index (χ2n) is 6.20. The first-order valence-electron chi connectivity index (χ1n) is 8.31. The molecule has 26 heavy (non-hydrogen) atoms. The van der Waals surface area contributed by atoms with Crippen LogP contribution in [0.2, 0.25) is 0 Å². The smallest absolute Gasteiger partial charge is 0.342 e. The van der Waals surface area contributed by atoms with Gasteiger partial charge in [0.05, 0.1) is 12.2 Å². The van der Waals surface area contributed by atoms with Gasteiger partial charge in [-0.05, 0) is 17.5 Å². The monoisotopic (exact) mass is 355 g/mol. The highest BCUT2D eigenvalue weighted by Crippen LogP contribution is 2.13. The van der Waals surface area contributed by atoms with E-state index < -0.39 is 4.92 Å². The van der Waals surface area contributed by atoms with Crippen molar-refractivity contribution in [3.05, 3.63) is 69.9 Å². The van der Waals surface area contributed by atoms with Crippen molar-refractivity contribution in [3.63, 3.8) is 0 Å². The van der Waals surface area contributed by atoms with Crippen molar-refractivity contribution in [2.75, 3.05) is 7.05 Å². The van der Waals surface area contributed by atoms with Crippen LogP contribution >= 0.6 is 0 Å². The summed E-state index contributed by atoms with van der Waals surface area (Å²) in [5.74, 6) is 0.602. The Hall–Kier alpha value is -3.07. The second kappa shape index (κ2) is 7.87. The predicted molar refractivity (Wildman–Crippen MR) is 95.3 cm³/mol. The highest BCUT2D eigenvalue weighted by atomic mass is 16.6. The number of nitrogens with zero attached hydrogens (tertiary/aromatic N) is 7. The molecule has 1 aromatic carbocycles. The molecule has 3 aromatic rings. The summed E-state index contributed by atoms with van der Waals surface area (Å²) < 4.78 is 3.28. The molecule has 2 heterocycles. The zero-order valence-electron chi connectivity index (χ0n) is 14.8. The summed E-state index contributed by atoms with van der Waals surface area (Å²) >= 11 is 0. The zero-order valence-corrected chi connectivity index (χ0v) is 14.8. The van der Waals surface area contributed by atoms with E-state index in [-0.39, 0.29) is 5.82 Å². The first-order chi connectivity index (χ1) is 12.5. The van der Waals surface area contributed by atoms with Crippen molar-refractivity contribution in [1.82, 2.24) is 29.4 Å². The maximum absolute atomic E-state index is 11.0. The van der Waals surface area contributed by atoms with Crippen LogP contribution in [0.5, 0.6) is 0 Å². The zero-order chi connectivity index (χ0) is 18.5. The quantitative estimate of drug-likeness (QED) is 0.453. The Morgan fingerprint density at radius 1 is 1.19 bits per heavy atom. The Bertz CT molecular complexity index is 872. The van der Waals surface area contributed by atoms with Crippen LogP contribution in [-0.4, -0.2) is 41.4 Å². The van der Waals surface area contributed by atoms with Crippen molar-refractivity contribution >= 4 is 5.82 Å². The molecule has 3 rings (SSSR count). The van der Waals surface area contributed by atoms with Gasteiger partial charge < -0.3 is 10.1 Å². The highest BCUT2D eigenvalue weighted by molar-refractivity contribution is 5.18. The fourth-order valence-corrected chi connectivity index (χ4v) is 2.83. The average Bonchev–Trinajstić information content (AvgIpc) is 3.20. The fraction of sp³-hybridized carbons (Fsp3) is 0.353. The number of hydrogen-bond acceptors (Lipinski definition) is 6. The van der Waals surface area contributed by atoms with E-state index in [1.807, 2.05) is 31.4 Å². The number of aryl methyl sites for hydroxylation is 2. The van der Waals surface area contributed by atoms with E-state index in [1.165, 1.54) is 11.8 Å². The standard InChI is InChI=1S/C17H21N7O2/c1-14-18-10-17(24(25)26)23(14)9-8-22-13-16(19-20-22)12-21(2)11-15-6-4-3-5-7-15/h3-7,10,13H,8-9,11-12H2,1-2H3. The van der Waals surface area contributed by atoms with Crippen molar-refractivity contribution in [2.45, 2.75) is 33.1 Å². The number of imidazole rings is 1. The van der Waals surface area contributed by atoms with Crippen LogP contribution in [0.25, 0.3) is 0 Å². The highest BCUT2D eigenvalue weighted by Gasteiger charge is 2.17. The van der Waals surface area contributed by atoms with Crippen molar-refractivity contribution in [3.8, 4) is 0 Å². The lowest BCUT2D eigenvalue weighted by Gasteiger charge is -2.14. The molecule has 0 atom stereocenters. The maximum atomic E-state index is 11.0. The molecule has 0 aliphatic heterocycles. The van der Waals surface area contributed by atoms with Crippen molar-refractivity contribution in [2.24, 2.45) is 0 Å². The lowest BCUT2D eigenvalue weighted by Crippen LogP contribution is -2.17. The van der Waals surface area contributed by atoms with E-state index in [9.17, 15) is 10.1 Å². The summed E-state index contributed by atoms with van der Waals surface area (Å²) in [7, 11) is 2.03. The lowest BCUT2D eigenvalue weighted by molar-refractivity contribution is -0.392. The molecule has 136 valence electrons. The Labute approximate surface area is 151 Å². The third-order valence-corrected chi connectivity index (χ3v) is 4.09. The number of rotatable bonds is 8. The van der Waals surface area contributed by atoms with Crippen LogP contribution in [-0.2, 0) is 26.2 Å². The molecular weight excluding hydrogens is 334 g/mol. The molecule has 9 heteroatoms. The molecule has 0 amide bonds. The van der Waals surface area contributed by atoms with Crippen molar-refractivity contribution < 1.29 is 4.92 Å². The molecule has 0 bridgehead atoms. The first-order valence-corrected chi connectivity index (χ1v) is 8.31. The van der Waals surface area contributed by atoms with E-state index in [1.54, 1.807) is 16.2 Å². The van der Waals surface area contributed by atoms with Crippen LogP contribution in [0.3, 0.4) is 0 Å². The summed E-state index contributed by atoms with van der Waals surface area (Å²) in [6.07, 6.45) is 3.15. The van der Waals surface area contributed by atoms with E-state index in [0.717, 1.165) is 12.2 Å². The van der Waals surface area contributed by atoms with E-state index >= 15 is 0 Å². The molecule has 2 aromatic heterocycles. The largest absolute Gasteiger partial charge is 0.358 e. The first kappa shape index (κ1) is 17.7. The van der Waals surface area contributed by atoms with Gasteiger partial charge in [-0.1, -0.05) is 35.5 Å². The molecular formula is C17H21N7O2. The minimum atomic E-state index is -0.425. The van der Waals surface area contributed by atoms with E-state index in [0.29, 0.717) is 25.5 Å².